The summed E-state index contributed by atoms with van der Waals surface area (Å²) in [6, 6.07) is 2.68. The molecule has 9 nitrogen and oxygen atoms in total. The minimum absolute atomic E-state index is 0.0288. The summed E-state index contributed by atoms with van der Waals surface area (Å²) in [6.07, 6.45) is 1.33. The van der Waals surface area contributed by atoms with Crippen LogP contribution in [0.4, 0.5) is 5.00 Å². The number of pyridine rings is 1. The molecule has 0 spiro atoms. The maximum Gasteiger partial charge on any atom is 0.348 e. The second-order valence-corrected chi connectivity index (χ2v) is 6.87. The van der Waals surface area contributed by atoms with Crippen molar-refractivity contribution in [2.75, 3.05) is 25.6 Å². The van der Waals surface area contributed by atoms with Crippen LogP contribution >= 0.6 is 22.9 Å². The number of nitrogens with one attached hydrogen (secondary N) is 1. The Morgan fingerprint density at radius 2 is 1.90 bits per heavy atom. The summed E-state index contributed by atoms with van der Waals surface area (Å²) >= 11 is 6.57. The lowest BCUT2D eigenvalue weighted by molar-refractivity contribution is -0.119. The standard InChI is InChI=1S/C18H17ClN2O7S/c1-4-27-18(25)14-9(2)13(17(24)26-3)15(29-14)21-12(22)8-28-16(23)10-5-6-20-11(19)7-10/h5-7H,4,8H2,1-3H3,(H,21,22). The number of ether oxygens (including phenoxy) is 3. The van der Waals surface area contributed by atoms with Gasteiger partial charge in [0.1, 0.15) is 15.0 Å². The van der Waals surface area contributed by atoms with Crippen LogP contribution in [0, 0.1) is 6.92 Å². The summed E-state index contributed by atoms with van der Waals surface area (Å²) < 4.78 is 14.6. The third kappa shape index (κ3) is 5.52. The van der Waals surface area contributed by atoms with E-state index in [0.29, 0.717) is 5.56 Å². The van der Waals surface area contributed by atoms with Gasteiger partial charge in [0.15, 0.2) is 6.61 Å². The molecular formula is C18H17ClN2O7S. The maximum absolute atomic E-state index is 12.2. The van der Waals surface area contributed by atoms with Crippen molar-refractivity contribution >= 4 is 51.8 Å². The predicted molar refractivity (Wildman–Crippen MR) is 105 cm³/mol. The van der Waals surface area contributed by atoms with E-state index in [1.807, 2.05) is 0 Å². The molecule has 0 radical (unpaired) electrons. The molecule has 11 heteroatoms. The van der Waals surface area contributed by atoms with Crippen LogP contribution in [0.15, 0.2) is 18.3 Å². The van der Waals surface area contributed by atoms with Gasteiger partial charge in [-0.1, -0.05) is 11.6 Å². The van der Waals surface area contributed by atoms with Crippen molar-refractivity contribution in [1.29, 1.82) is 0 Å². The van der Waals surface area contributed by atoms with Crippen LogP contribution in [0.1, 0.15) is 42.9 Å². The number of esters is 3. The Kier molecular flexibility index (Phi) is 7.68. The van der Waals surface area contributed by atoms with Gasteiger partial charge in [0.25, 0.3) is 5.91 Å². The number of halogens is 1. The third-order valence-corrected chi connectivity index (χ3v) is 4.94. The van der Waals surface area contributed by atoms with Gasteiger partial charge in [-0.15, -0.1) is 11.3 Å². The van der Waals surface area contributed by atoms with Crippen molar-refractivity contribution < 1.29 is 33.4 Å². The van der Waals surface area contributed by atoms with E-state index in [2.05, 4.69) is 10.3 Å². The number of aromatic nitrogens is 1. The Hall–Kier alpha value is -2.98. The normalized spacial score (nSPS) is 10.2. The quantitative estimate of drug-likeness (QED) is 0.396. The molecule has 29 heavy (non-hydrogen) atoms. The Bertz CT molecular complexity index is 958. The number of nitrogens with zero attached hydrogens (tertiary/aromatic N) is 1. The zero-order chi connectivity index (χ0) is 21.6. The molecule has 154 valence electrons. The van der Waals surface area contributed by atoms with Crippen molar-refractivity contribution in [3.05, 3.63) is 45.1 Å². The summed E-state index contributed by atoms with van der Waals surface area (Å²) in [5, 5.41) is 2.65. The maximum atomic E-state index is 12.2. The molecule has 0 saturated carbocycles. The molecule has 0 bridgehead atoms. The third-order valence-electron chi connectivity index (χ3n) is 3.55. The number of amides is 1. The van der Waals surface area contributed by atoms with Crippen LogP contribution in [0.3, 0.4) is 0 Å². The van der Waals surface area contributed by atoms with Gasteiger partial charge in [-0.2, -0.15) is 0 Å². The Morgan fingerprint density at radius 1 is 1.17 bits per heavy atom. The molecule has 0 aliphatic carbocycles. The zero-order valence-electron chi connectivity index (χ0n) is 15.7. The summed E-state index contributed by atoms with van der Waals surface area (Å²) in [5.74, 6) is -2.83. The highest BCUT2D eigenvalue weighted by Crippen LogP contribution is 2.34. The lowest BCUT2D eigenvalue weighted by Crippen LogP contribution is -2.21. The van der Waals surface area contributed by atoms with Crippen LogP contribution in [-0.4, -0.2) is 49.1 Å². The molecule has 2 heterocycles. The first-order chi connectivity index (χ1) is 13.8. The fraction of sp³-hybridized carbons (Fsp3) is 0.278. The van der Waals surface area contributed by atoms with E-state index in [1.165, 1.54) is 32.4 Å². The molecule has 0 saturated heterocycles. The van der Waals surface area contributed by atoms with Crippen LogP contribution in [0.2, 0.25) is 5.15 Å². The molecule has 0 fully saturated rings. The number of rotatable bonds is 7. The van der Waals surface area contributed by atoms with Gasteiger partial charge < -0.3 is 19.5 Å². The van der Waals surface area contributed by atoms with Crippen molar-refractivity contribution in [3.8, 4) is 0 Å². The van der Waals surface area contributed by atoms with Crippen molar-refractivity contribution in [1.82, 2.24) is 4.98 Å². The molecule has 0 aliphatic rings. The summed E-state index contributed by atoms with van der Waals surface area (Å²) in [5.41, 5.74) is 0.477. The highest BCUT2D eigenvalue weighted by Gasteiger charge is 2.27. The lowest BCUT2D eigenvalue weighted by atomic mass is 10.1. The Labute approximate surface area is 174 Å². The lowest BCUT2D eigenvalue weighted by Gasteiger charge is -2.07. The SMILES string of the molecule is CCOC(=O)c1sc(NC(=O)COC(=O)c2ccnc(Cl)c2)c(C(=O)OC)c1C. The molecule has 2 aromatic heterocycles. The monoisotopic (exact) mass is 440 g/mol. The molecule has 0 aliphatic heterocycles. The first-order valence-corrected chi connectivity index (χ1v) is 9.45. The van der Waals surface area contributed by atoms with E-state index < -0.39 is 30.4 Å². The number of thiophene rings is 1. The molecule has 0 aromatic carbocycles. The summed E-state index contributed by atoms with van der Waals surface area (Å²) in [7, 11) is 1.18. The zero-order valence-corrected chi connectivity index (χ0v) is 17.3. The number of anilines is 1. The van der Waals surface area contributed by atoms with E-state index in [1.54, 1.807) is 6.92 Å². The average Bonchev–Trinajstić information content (AvgIpc) is 3.01. The summed E-state index contributed by atoms with van der Waals surface area (Å²) in [6.45, 7) is 2.72. The molecule has 0 unspecified atom stereocenters. The summed E-state index contributed by atoms with van der Waals surface area (Å²) in [4.78, 5) is 52.2. The van der Waals surface area contributed by atoms with Crippen molar-refractivity contribution in [3.63, 3.8) is 0 Å². The highest BCUT2D eigenvalue weighted by molar-refractivity contribution is 7.18. The van der Waals surface area contributed by atoms with Gasteiger partial charge in [-0.05, 0) is 31.5 Å². The van der Waals surface area contributed by atoms with Gasteiger partial charge in [0.05, 0.1) is 24.8 Å². The van der Waals surface area contributed by atoms with Gasteiger partial charge in [0.2, 0.25) is 0 Å². The van der Waals surface area contributed by atoms with Crippen LogP contribution < -0.4 is 5.32 Å². The number of carbonyl (C=O) groups excluding carboxylic acids is 4. The molecule has 1 amide bonds. The van der Waals surface area contributed by atoms with Gasteiger partial charge in [-0.3, -0.25) is 4.79 Å². The minimum atomic E-state index is -0.771. The molecule has 2 aromatic rings. The topological polar surface area (TPSA) is 121 Å². The Morgan fingerprint density at radius 3 is 2.52 bits per heavy atom. The van der Waals surface area contributed by atoms with Crippen LogP contribution in [0.25, 0.3) is 0 Å². The van der Waals surface area contributed by atoms with Gasteiger partial charge >= 0.3 is 17.9 Å². The van der Waals surface area contributed by atoms with Gasteiger partial charge in [0, 0.05) is 6.20 Å². The van der Waals surface area contributed by atoms with E-state index in [9.17, 15) is 19.2 Å². The number of hydrogen-bond acceptors (Lipinski definition) is 9. The first-order valence-electron chi connectivity index (χ1n) is 8.25. The molecule has 1 N–H and O–H groups in total. The fourth-order valence-electron chi connectivity index (χ4n) is 2.25. The predicted octanol–water partition coefficient (Wildman–Crippen LogP) is 2.86. The number of hydrogen-bond donors (Lipinski definition) is 1. The fourth-order valence-corrected chi connectivity index (χ4v) is 3.53. The second kappa shape index (κ2) is 9.99. The number of methoxy groups -OCH3 is 1. The van der Waals surface area contributed by atoms with E-state index >= 15 is 0 Å². The minimum Gasteiger partial charge on any atom is -0.465 e. The van der Waals surface area contributed by atoms with Crippen LogP contribution in [0.5, 0.6) is 0 Å². The van der Waals surface area contributed by atoms with E-state index in [4.69, 9.17) is 25.8 Å². The van der Waals surface area contributed by atoms with E-state index in [-0.39, 0.29) is 32.8 Å². The largest absolute Gasteiger partial charge is 0.465 e. The average molecular weight is 441 g/mol. The van der Waals surface area contributed by atoms with Crippen molar-refractivity contribution in [2.24, 2.45) is 0 Å². The smallest absolute Gasteiger partial charge is 0.348 e. The molecule has 0 atom stereocenters. The van der Waals surface area contributed by atoms with E-state index in [0.717, 1.165) is 11.3 Å². The first kappa shape index (κ1) is 22.3. The molecular weight excluding hydrogens is 424 g/mol. The molecule has 2 rings (SSSR count). The Balaban J connectivity index is 2.14. The number of carbonyl (C=O) groups is 4. The highest BCUT2D eigenvalue weighted by atomic mass is 35.5. The van der Waals surface area contributed by atoms with Crippen molar-refractivity contribution in [2.45, 2.75) is 13.8 Å². The second-order valence-electron chi connectivity index (χ2n) is 5.46. The van der Waals surface area contributed by atoms with Gasteiger partial charge in [-0.25, -0.2) is 19.4 Å². The van der Waals surface area contributed by atoms with Crippen LogP contribution in [-0.2, 0) is 19.0 Å².